The Hall–Kier alpha value is -13.2. The van der Waals surface area contributed by atoms with Gasteiger partial charge in [0.15, 0.2) is 52.4 Å². The topological polar surface area (TPSA) is 129 Å². The summed E-state index contributed by atoms with van der Waals surface area (Å²) >= 11 is 0. The number of nitrogens with zero attached hydrogens (tertiary/aromatic N) is 10. The zero-order chi connectivity index (χ0) is 63.5. The van der Waals surface area contributed by atoms with Crippen molar-refractivity contribution in [1.29, 1.82) is 0 Å². The normalized spacial score (nSPS) is 11.5. The molecule has 96 heavy (non-hydrogen) atoms. The lowest BCUT2D eigenvalue weighted by Crippen LogP contribution is -2.01. The summed E-state index contributed by atoms with van der Waals surface area (Å²) in [6, 6.07) is 106. The number of aromatic nitrogens is 10. The second kappa shape index (κ2) is 23.5. The monoisotopic (exact) mass is 1220 g/mol. The van der Waals surface area contributed by atoms with Gasteiger partial charge in [0.2, 0.25) is 0 Å². The van der Waals surface area contributed by atoms with Crippen molar-refractivity contribution in [3.05, 3.63) is 316 Å². The van der Waals surface area contributed by atoms with Gasteiger partial charge in [-0.2, -0.15) is 0 Å². The standard InChI is InChI=1S/C46H28N6.C40H24N4/c1-5-13-31(14-6-1)41-47-42(32-15-7-2-8-16-32)50-45(49-41)37-27-23-29-22-26-36-38(28-24-30-21-25-35(37)39(29)40(30)36)46-51-43(33-17-9-3-10-18-33)48-44(52-46)34-19-11-4-12-20-34;1-3-10-28(11-4-1)38-42-39(29-12-5-2-6-13-29)44-40(43-38)34-22-18-27-15-19-31-33(21-17-26-16-20-32(34)36(27)35(26)31)37-30-14-8-7-9-25(30)23-24-41-37/h1-28H;1-24H. The second-order valence-electron chi connectivity index (χ2n) is 23.8. The summed E-state index contributed by atoms with van der Waals surface area (Å²) in [4.78, 5) is 50.0. The minimum absolute atomic E-state index is 0.628. The molecule has 10 heteroatoms. The Labute approximate surface area is 551 Å². The van der Waals surface area contributed by atoms with Crippen molar-refractivity contribution in [2.24, 2.45) is 0 Å². The lowest BCUT2D eigenvalue weighted by atomic mass is 9.88. The molecule has 446 valence electrons. The van der Waals surface area contributed by atoms with Gasteiger partial charge in [-0.15, -0.1) is 0 Å². The molecule has 15 aromatic carbocycles. The fourth-order valence-corrected chi connectivity index (χ4v) is 13.5. The van der Waals surface area contributed by atoms with E-state index in [1.807, 2.05) is 188 Å². The molecule has 0 radical (unpaired) electrons. The van der Waals surface area contributed by atoms with Crippen LogP contribution in [0.25, 0.3) is 189 Å². The number of fused-ring (bicyclic) bond motifs is 1. The van der Waals surface area contributed by atoms with Crippen LogP contribution in [0.5, 0.6) is 0 Å². The number of pyridine rings is 1. The summed E-state index contributed by atoms with van der Waals surface area (Å²) in [6.45, 7) is 0. The summed E-state index contributed by atoms with van der Waals surface area (Å²) in [5.41, 5.74) is 10.7. The lowest BCUT2D eigenvalue weighted by molar-refractivity contribution is 1.08. The molecule has 19 rings (SSSR count). The first kappa shape index (κ1) is 55.6. The Balaban J connectivity index is 0.000000142. The number of benzene rings is 15. The fourth-order valence-electron chi connectivity index (χ4n) is 13.5. The smallest absolute Gasteiger partial charge is 0.164 e. The quantitative estimate of drug-likeness (QED) is 0.122. The molecule has 0 aliphatic rings. The van der Waals surface area contributed by atoms with Crippen LogP contribution >= 0.6 is 0 Å². The van der Waals surface area contributed by atoms with Gasteiger partial charge in [0, 0.05) is 67.2 Å². The highest BCUT2D eigenvalue weighted by molar-refractivity contribution is 6.29. The third-order valence-corrected chi connectivity index (χ3v) is 18.1. The van der Waals surface area contributed by atoms with Gasteiger partial charge >= 0.3 is 0 Å². The van der Waals surface area contributed by atoms with E-state index in [1.165, 1.54) is 32.3 Å². The molecule has 19 aromatic rings. The molecule has 0 aliphatic heterocycles. The molecular weight excluding hydrogens is 1170 g/mol. The van der Waals surface area contributed by atoms with Crippen LogP contribution in [0, 0.1) is 0 Å². The first-order chi connectivity index (χ1) is 47.6. The van der Waals surface area contributed by atoms with Crippen LogP contribution in [-0.4, -0.2) is 49.8 Å². The van der Waals surface area contributed by atoms with E-state index < -0.39 is 0 Å². The van der Waals surface area contributed by atoms with Crippen LogP contribution in [0.3, 0.4) is 0 Å². The largest absolute Gasteiger partial charge is 0.256 e. The fraction of sp³-hybridized carbons (Fsp3) is 0. The Kier molecular flexibility index (Phi) is 13.6. The third-order valence-electron chi connectivity index (χ3n) is 18.1. The minimum atomic E-state index is 0.628. The maximum absolute atomic E-state index is 5.07. The van der Waals surface area contributed by atoms with E-state index in [4.69, 9.17) is 49.8 Å². The molecule has 4 aromatic heterocycles. The van der Waals surface area contributed by atoms with Gasteiger partial charge in [-0.1, -0.05) is 285 Å². The van der Waals surface area contributed by atoms with Gasteiger partial charge in [0.1, 0.15) is 0 Å². The van der Waals surface area contributed by atoms with Crippen molar-refractivity contribution in [3.63, 3.8) is 0 Å². The van der Waals surface area contributed by atoms with Crippen molar-refractivity contribution in [3.8, 4) is 114 Å². The summed E-state index contributed by atoms with van der Waals surface area (Å²) in [5.74, 6) is 5.77. The average molecular weight is 1230 g/mol. The van der Waals surface area contributed by atoms with Crippen LogP contribution in [0.4, 0.5) is 0 Å². The van der Waals surface area contributed by atoms with E-state index in [2.05, 4.69) is 127 Å². The molecule has 0 unspecified atom stereocenters. The summed E-state index contributed by atoms with van der Waals surface area (Å²) in [7, 11) is 0. The van der Waals surface area contributed by atoms with Gasteiger partial charge in [0.05, 0.1) is 5.69 Å². The molecule has 10 nitrogen and oxygen atoms in total. The highest BCUT2D eigenvalue weighted by Gasteiger charge is 2.23. The zero-order valence-corrected chi connectivity index (χ0v) is 51.5. The van der Waals surface area contributed by atoms with E-state index in [1.54, 1.807) is 0 Å². The van der Waals surface area contributed by atoms with Gasteiger partial charge in [0.25, 0.3) is 0 Å². The summed E-state index contributed by atoms with van der Waals surface area (Å²) < 4.78 is 0. The molecule has 0 amide bonds. The first-order valence-corrected chi connectivity index (χ1v) is 32.0. The number of rotatable bonds is 10. The molecular formula is C86H52N10. The first-order valence-electron chi connectivity index (χ1n) is 32.0. The minimum Gasteiger partial charge on any atom is -0.256 e. The SMILES string of the molecule is c1ccc(-c2nc(-c3ccccc3)nc(-c3ccc4ccc5c(-c6nc(-c7ccccc7)nc(-c7ccccc7)n6)ccc6ccc3c4c65)n2)cc1.c1ccc(-c2nc(-c3ccccc3)nc(-c3ccc4ccc5c(-c6nccc7ccccc67)ccc6ccc3c4c65)n2)cc1. The number of hydrogen-bond acceptors (Lipinski definition) is 10. The molecule has 0 aliphatic carbocycles. The van der Waals surface area contributed by atoms with Crippen molar-refractivity contribution >= 4 is 75.4 Å². The van der Waals surface area contributed by atoms with E-state index in [9.17, 15) is 0 Å². The molecule has 0 saturated carbocycles. The van der Waals surface area contributed by atoms with E-state index in [0.29, 0.717) is 52.4 Å². The van der Waals surface area contributed by atoms with Crippen LogP contribution in [0.15, 0.2) is 316 Å². The predicted molar refractivity (Wildman–Crippen MR) is 390 cm³/mol. The molecule has 0 spiro atoms. The van der Waals surface area contributed by atoms with Gasteiger partial charge in [-0.3, -0.25) is 4.98 Å². The Bertz CT molecular complexity index is 5740. The molecule has 4 heterocycles. The molecule has 0 N–H and O–H groups in total. The van der Waals surface area contributed by atoms with E-state index >= 15 is 0 Å². The van der Waals surface area contributed by atoms with Crippen LogP contribution in [0.2, 0.25) is 0 Å². The van der Waals surface area contributed by atoms with Crippen molar-refractivity contribution in [2.45, 2.75) is 0 Å². The highest BCUT2D eigenvalue weighted by Crippen LogP contribution is 2.45. The van der Waals surface area contributed by atoms with E-state index in [0.717, 1.165) is 104 Å². The Morgan fingerprint density at radius 3 is 0.698 bits per heavy atom. The predicted octanol–water partition coefficient (Wildman–Crippen LogP) is 20.9. The maximum Gasteiger partial charge on any atom is 0.164 e. The van der Waals surface area contributed by atoms with Crippen LogP contribution < -0.4 is 0 Å². The second-order valence-corrected chi connectivity index (χ2v) is 23.8. The third kappa shape index (κ3) is 9.92. The highest BCUT2D eigenvalue weighted by atomic mass is 15.1. The molecule has 0 saturated heterocycles. The number of hydrogen-bond donors (Lipinski definition) is 0. The summed E-state index contributed by atoms with van der Waals surface area (Å²) in [5, 5.41) is 16.2. The van der Waals surface area contributed by atoms with Crippen molar-refractivity contribution < 1.29 is 0 Å². The Morgan fingerprint density at radius 2 is 0.396 bits per heavy atom. The Morgan fingerprint density at radius 1 is 0.156 bits per heavy atom. The van der Waals surface area contributed by atoms with Crippen LogP contribution in [-0.2, 0) is 0 Å². The summed E-state index contributed by atoms with van der Waals surface area (Å²) in [6.07, 6.45) is 1.91. The van der Waals surface area contributed by atoms with Gasteiger partial charge in [-0.05, 0) is 94.3 Å². The van der Waals surface area contributed by atoms with Gasteiger partial charge in [-0.25, -0.2) is 44.9 Å². The molecule has 0 fully saturated rings. The molecule has 0 bridgehead atoms. The van der Waals surface area contributed by atoms with E-state index in [-0.39, 0.29) is 0 Å². The van der Waals surface area contributed by atoms with Crippen molar-refractivity contribution in [1.82, 2.24) is 49.8 Å². The van der Waals surface area contributed by atoms with Crippen LogP contribution in [0.1, 0.15) is 0 Å². The maximum atomic E-state index is 5.07. The zero-order valence-electron chi connectivity index (χ0n) is 51.5. The van der Waals surface area contributed by atoms with Gasteiger partial charge < -0.3 is 0 Å². The lowest BCUT2D eigenvalue weighted by Gasteiger charge is -2.17. The molecule has 0 atom stereocenters. The average Bonchev–Trinajstić information content (AvgIpc) is 0.733. The van der Waals surface area contributed by atoms with Crippen molar-refractivity contribution in [2.75, 3.05) is 0 Å².